The third kappa shape index (κ3) is 19.6. The lowest BCUT2D eigenvalue weighted by molar-refractivity contribution is 0.489. The molecular formula is C25H45N3O4S2. The zero-order valence-corrected chi connectivity index (χ0v) is 24.1. The molecule has 0 saturated carbocycles. The topological polar surface area (TPSA) is 105 Å². The number of pyridine rings is 1. The summed E-state index contributed by atoms with van der Waals surface area (Å²) in [7, 11) is -6.52. The quantitative estimate of drug-likeness (QED) is 0.546. The van der Waals surface area contributed by atoms with Crippen LogP contribution in [-0.2, 0) is 31.6 Å². The number of hydrogen-bond donors (Lipinski definition) is 2. The molecule has 0 aliphatic carbocycles. The molecule has 1 heterocycles. The van der Waals surface area contributed by atoms with Crippen LogP contribution in [0.5, 0.6) is 0 Å². The van der Waals surface area contributed by atoms with Crippen LogP contribution in [0.4, 0.5) is 0 Å². The summed E-state index contributed by atoms with van der Waals surface area (Å²) in [5, 5.41) is 0. The van der Waals surface area contributed by atoms with Gasteiger partial charge < -0.3 is 0 Å². The van der Waals surface area contributed by atoms with E-state index >= 15 is 0 Å². The van der Waals surface area contributed by atoms with Gasteiger partial charge in [-0.05, 0) is 58.7 Å². The Bertz CT molecular complexity index is 896. The van der Waals surface area contributed by atoms with Gasteiger partial charge in [-0.3, -0.25) is 4.98 Å². The molecule has 0 fully saturated rings. The predicted molar refractivity (Wildman–Crippen MR) is 144 cm³/mol. The van der Waals surface area contributed by atoms with E-state index in [1.807, 2.05) is 99.6 Å². The van der Waals surface area contributed by atoms with Crippen LogP contribution in [0, 0.1) is 0 Å². The van der Waals surface area contributed by atoms with Gasteiger partial charge in [0.2, 0.25) is 20.0 Å². The van der Waals surface area contributed by atoms with Gasteiger partial charge in [0, 0.05) is 23.5 Å². The molecule has 0 radical (unpaired) electrons. The molecule has 1 aromatic carbocycles. The van der Waals surface area contributed by atoms with Crippen LogP contribution in [-0.4, -0.2) is 32.9 Å². The van der Waals surface area contributed by atoms with Crippen LogP contribution in [0.25, 0.3) is 0 Å². The molecule has 1 aromatic heterocycles. The molecule has 2 rings (SSSR count). The second-order valence-corrected chi connectivity index (χ2v) is 12.5. The van der Waals surface area contributed by atoms with Crippen LogP contribution in [0.3, 0.4) is 0 Å². The number of nitrogens with zero attached hydrogens (tertiary/aromatic N) is 1. The third-order valence-electron chi connectivity index (χ3n) is 3.20. The van der Waals surface area contributed by atoms with Crippen molar-refractivity contribution >= 4 is 20.0 Å². The smallest absolute Gasteiger partial charge is 0.216 e. The average molecular weight is 516 g/mol. The zero-order chi connectivity index (χ0) is 27.1. The van der Waals surface area contributed by atoms with Gasteiger partial charge in [0.15, 0.2) is 0 Å². The highest BCUT2D eigenvalue weighted by atomic mass is 32.2. The van der Waals surface area contributed by atoms with Gasteiger partial charge in [0.1, 0.15) is 0 Å². The normalized spacial score (nSPS) is 11.6. The van der Waals surface area contributed by atoms with Crippen molar-refractivity contribution in [2.24, 2.45) is 0 Å². The number of rotatable bonds is 6. The lowest BCUT2D eigenvalue weighted by Crippen LogP contribution is -2.41. The maximum Gasteiger partial charge on any atom is 0.216 e. The maximum absolute atomic E-state index is 11.7. The molecule has 9 heteroatoms. The Morgan fingerprint density at radius 2 is 1.03 bits per heavy atom. The molecule has 2 N–H and O–H groups in total. The van der Waals surface area contributed by atoms with E-state index in [2.05, 4.69) is 14.4 Å². The molecule has 0 spiro atoms. The van der Waals surface area contributed by atoms with Crippen molar-refractivity contribution in [1.29, 1.82) is 0 Å². The Morgan fingerprint density at radius 3 is 1.38 bits per heavy atom. The van der Waals surface area contributed by atoms with E-state index in [0.717, 1.165) is 5.56 Å². The van der Waals surface area contributed by atoms with Gasteiger partial charge >= 0.3 is 0 Å². The van der Waals surface area contributed by atoms with Gasteiger partial charge in [0.05, 0.1) is 11.5 Å². The second kappa shape index (κ2) is 16.0. The fourth-order valence-corrected chi connectivity index (χ4v) is 5.75. The molecule has 0 bridgehead atoms. The SMILES string of the molecule is CC.CC.CC(C)(C)NS(=O)(=O)Cc1ccccc1.CC(C)(C)NS(=O)(=O)Cc1cccnc1. The monoisotopic (exact) mass is 515 g/mol. The highest BCUT2D eigenvalue weighted by Crippen LogP contribution is 2.09. The van der Waals surface area contributed by atoms with Crippen LogP contribution in [0.15, 0.2) is 54.9 Å². The minimum Gasteiger partial charge on any atom is -0.264 e. The Kier molecular flexibility index (Phi) is 16.1. The number of benzene rings is 1. The molecule has 0 amide bonds. The van der Waals surface area contributed by atoms with E-state index in [-0.39, 0.29) is 11.5 Å². The first-order chi connectivity index (χ1) is 15.6. The molecule has 0 atom stereocenters. The van der Waals surface area contributed by atoms with Crippen LogP contribution in [0.2, 0.25) is 0 Å². The first kappa shape index (κ1) is 34.4. The van der Waals surface area contributed by atoms with E-state index in [1.165, 1.54) is 0 Å². The second-order valence-electron chi connectivity index (χ2n) is 9.07. The minimum atomic E-state index is -3.28. The third-order valence-corrected chi connectivity index (χ3v) is 6.48. The van der Waals surface area contributed by atoms with Crippen molar-refractivity contribution in [2.45, 2.75) is 91.8 Å². The minimum absolute atomic E-state index is 0.0297. The lowest BCUT2D eigenvalue weighted by atomic mass is 10.1. The Morgan fingerprint density at radius 1 is 0.647 bits per heavy atom. The average Bonchev–Trinajstić information content (AvgIpc) is 2.68. The number of nitrogens with one attached hydrogen (secondary N) is 2. The molecule has 7 nitrogen and oxygen atoms in total. The van der Waals surface area contributed by atoms with Crippen molar-refractivity contribution in [3.8, 4) is 0 Å². The van der Waals surface area contributed by atoms with Crippen molar-refractivity contribution < 1.29 is 16.8 Å². The molecule has 0 aliphatic heterocycles. The molecule has 34 heavy (non-hydrogen) atoms. The Hall–Kier alpha value is -1.81. The van der Waals surface area contributed by atoms with E-state index < -0.39 is 31.1 Å². The first-order valence-electron chi connectivity index (χ1n) is 11.5. The van der Waals surface area contributed by atoms with Crippen molar-refractivity contribution in [1.82, 2.24) is 14.4 Å². The van der Waals surface area contributed by atoms with Crippen molar-refractivity contribution in [2.75, 3.05) is 0 Å². The molecule has 0 aliphatic rings. The van der Waals surface area contributed by atoms with Crippen LogP contribution in [0.1, 0.15) is 80.4 Å². The number of aromatic nitrogens is 1. The van der Waals surface area contributed by atoms with Gasteiger partial charge in [-0.15, -0.1) is 0 Å². The van der Waals surface area contributed by atoms with Gasteiger partial charge in [-0.25, -0.2) is 26.3 Å². The summed E-state index contributed by atoms with van der Waals surface area (Å²) in [6.07, 6.45) is 3.18. The van der Waals surface area contributed by atoms with Crippen molar-refractivity contribution in [3.63, 3.8) is 0 Å². The van der Waals surface area contributed by atoms with Crippen LogP contribution < -0.4 is 9.44 Å². The standard InChI is InChI=1S/C11H17NO2S.C10H16N2O2S.2C2H6/c1-11(2,3)12-15(13,14)9-10-7-5-4-6-8-10;1-10(2,3)12-15(13,14)8-9-5-4-6-11-7-9;2*1-2/h4-8,12H,9H2,1-3H3;4-7,12H,8H2,1-3H3;2*1-2H3. The van der Waals surface area contributed by atoms with E-state index in [4.69, 9.17) is 0 Å². The van der Waals surface area contributed by atoms with E-state index in [9.17, 15) is 16.8 Å². The van der Waals surface area contributed by atoms with E-state index in [0.29, 0.717) is 5.56 Å². The van der Waals surface area contributed by atoms with Gasteiger partial charge in [-0.2, -0.15) is 0 Å². The van der Waals surface area contributed by atoms with Gasteiger partial charge in [0.25, 0.3) is 0 Å². The van der Waals surface area contributed by atoms with Gasteiger partial charge in [-0.1, -0.05) is 64.1 Å². The highest BCUT2D eigenvalue weighted by Gasteiger charge is 2.20. The highest BCUT2D eigenvalue weighted by molar-refractivity contribution is 7.89. The first-order valence-corrected chi connectivity index (χ1v) is 14.8. The summed E-state index contributed by atoms with van der Waals surface area (Å²) in [5.74, 6) is 0.00319. The molecule has 196 valence electrons. The van der Waals surface area contributed by atoms with Crippen molar-refractivity contribution in [3.05, 3.63) is 66.0 Å². The Balaban J connectivity index is 0. The summed E-state index contributed by atoms with van der Waals surface area (Å²) >= 11 is 0. The number of hydrogen-bond acceptors (Lipinski definition) is 5. The maximum atomic E-state index is 11.7. The largest absolute Gasteiger partial charge is 0.264 e. The van der Waals surface area contributed by atoms with Crippen LogP contribution >= 0.6 is 0 Å². The fraction of sp³-hybridized carbons (Fsp3) is 0.560. The summed E-state index contributed by atoms with van der Waals surface area (Å²) in [6, 6.07) is 12.6. The summed E-state index contributed by atoms with van der Waals surface area (Å²) in [5.41, 5.74) is 0.623. The summed E-state index contributed by atoms with van der Waals surface area (Å²) in [6.45, 7) is 18.9. The number of sulfonamides is 2. The molecule has 0 unspecified atom stereocenters. The predicted octanol–water partition coefficient (Wildman–Crippen LogP) is 5.26. The summed E-state index contributed by atoms with van der Waals surface area (Å²) < 4.78 is 52.0. The zero-order valence-electron chi connectivity index (χ0n) is 22.5. The molecule has 2 aromatic rings. The molecular weight excluding hydrogens is 470 g/mol. The Labute approximate surface area is 208 Å². The lowest BCUT2D eigenvalue weighted by Gasteiger charge is -2.20. The molecule has 0 saturated heterocycles. The van der Waals surface area contributed by atoms with E-state index in [1.54, 1.807) is 24.5 Å². The fourth-order valence-electron chi connectivity index (χ4n) is 2.50. The summed E-state index contributed by atoms with van der Waals surface area (Å²) in [4.78, 5) is 3.87.